The summed E-state index contributed by atoms with van der Waals surface area (Å²) in [6.45, 7) is 0. The van der Waals surface area contributed by atoms with E-state index in [9.17, 15) is 0 Å². The number of halogens is 2. The molecule has 2 unspecified atom stereocenters. The number of benzene rings is 1. The van der Waals surface area contributed by atoms with Crippen molar-refractivity contribution < 1.29 is 0 Å². The first-order chi connectivity index (χ1) is 8.56. The van der Waals surface area contributed by atoms with E-state index in [-0.39, 0.29) is 0 Å². The maximum Gasteiger partial charge on any atom is 0.105 e. The van der Waals surface area contributed by atoms with Crippen molar-refractivity contribution in [1.29, 1.82) is 0 Å². The first-order valence-corrected chi connectivity index (χ1v) is 7.92. The first-order valence-electron chi connectivity index (χ1n) is 6.34. The lowest BCUT2D eigenvalue weighted by Gasteiger charge is -2.23. The van der Waals surface area contributed by atoms with Gasteiger partial charge in [-0.25, -0.2) is 0 Å². The minimum atomic E-state index is 0.464. The summed E-state index contributed by atoms with van der Waals surface area (Å²) in [6.07, 6.45) is 6.96. The number of nitrogen functional groups attached to an aromatic ring is 1. The zero-order valence-corrected chi connectivity index (χ0v) is 13.7. The molecule has 2 N–H and O–H groups in total. The molecule has 1 aromatic carbocycles. The second-order valence-electron chi connectivity index (χ2n) is 5.09. The molecule has 0 saturated heterocycles. The largest absolute Gasteiger partial charge is 0.397 e. The van der Waals surface area contributed by atoms with Crippen LogP contribution in [-0.2, 0) is 0 Å². The van der Waals surface area contributed by atoms with Crippen molar-refractivity contribution in [2.45, 2.75) is 37.5 Å². The van der Waals surface area contributed by atoms with Crippen molar-refractivity contribution in [2.75, 3.05) is 5.73 Å². The van der Waals surface area contributed by atoms with Crippen LogP contribution in [0.5, 0.6) is 0 Å². The van der Waals surface area contributed by atoms with E-state index in [1.807, 2.05) is 18.3 Å². The van der Waals surface area contributed by atoms with Crippen LogP contribution in [0.2, 0.25) is 5.82 Å². The molecule has 0 aromatic heterocycles. The van der Waals surface area contributed by atoms with Crippen molar-refractivity contribution in [3.63, 3.8) is 0 Å². The summed E-state index contributed by atoms with van der Waals surface area (Å²) in [6, 6.07) is 4.43. The van der Waals surface area contributed by atoms with Crippen molar-refractivity contribution in [1.82, 2.24) is 0 Å². The Hall–Kier alpha value is -0.285. The van der Waals surface area contributed by atoms with Crippen LogP contribution in [-0.4, -0.2) is 20.1 Å². The molecule has 0 spiro atoms. The summed E-state index contributed by atoms with van der Waals surface area (Å²) in [7, 11) is 2.31. The summed E-state index contributed by atoms with van der Waals surface area (Å²) >= 11 is 6.93. The van der Waals surface area contributed by atoms with E-state index in [4.69, 9.17) is 10.7 Å². The maximum atomic E-state index is 6.04. The fourth-order valence-corrected chi connectivity index (χ4v) is 3.69. The number of aliphatic imine (C=N–C) groups is 1. The Labute approximate surface area is 126 Å². The van der Waals surface area contributed by atoms with Crippen molar-refractivity contribution in [2.24, 2.45) is 4.99 Å². The molecular weight excluding hydrogens is 355 g/mol. The zero-order chi connectivity index (χ0) is 13.1. The van der Waals surface area contributed by atoms with Crippen LogP contribution < -0.4 is 5.73 Å². The normalized spacial score (nSPS) is 24.6. The third-order valence-electron chi connectivity index (χ3n) is 3.46. The standard InChI is InChI=1S/C13H17BBr2N2/c14-9-2-1-3-11(5-9)18-7-8-4-10(15)6-12(16)13(8)17/h4,6-7,9,11H,1-3,5,14,17H2/b18-7+. The van der Waals surface area contributed by atoms with Crippen LogP contribution >= 0.6 is 31.9 Å². The average molecular weight is 372 g/mol. The molecule has 1 aliphatic rings. The van der Waals surface area contributed by atoms with E-state index in [1.165, 1.54) is 25.7 Å². The van der Waals surface area contributed by atoms with Gasteiger partial charge in [-0.2, -0.15) is 0 Å². The van der Waals surface area contributed by atoms with Crippen LogP contribution in [0.25, 0.3) is 0 Å². The van der Waals surface area contributed by atoms with Gasteiger partial charge in [0.05, 0.1) is 5.69 Å². The average Bonchev–Trinajstić information content (AvgIpc) is 2.32. The van der Waals surface area contributed by atoms with Crippen molar-refractivity contribution in [3.05, 3.63) is 26.6 Å². The van der Waals surface area contributed by atoms with E-state index >= 15 is 0 Å². The highest BCUT2D eigenvalue weighted by molar-refractivity contribution is 9.11. The minimum absolute atomic E-state index is 0.464. The molecule has 0 bridgehead atoms. The van der Waals surface area contributed by atoms with Gasteiger partial charge in [0, 0.05) is 26.8 Å². The van der Waals surface area contributed by atoms with Gasteiger partial charge >= 0.3 is 0 Å². The molecule has 1 fully saturated rings. The number of nitrogens with zero attached hydrogens (tertiary/aromatic N) is 1. The fraction of sp³-hybridized carbons (Fsp3) is 0.462. The molecule has 0 aliphatic heterocycles. The molecule has 18 heavy (non-hydrogen) atoms. The number of hydrogen-bond acceptors (Lipinski definition) is 2. The van der Waals surface area contributed by atoms with Crippen LogP contribution in [0.15, 0.2) is 26.1 Å². The highest BCUT2D eigenvalue weighted by Crippen LogP contribution is 2.30. The van der Waals surface area contributed by atoms with Gasteiger partial charge in [0.1, 0.15) is 7.85 Å². The third-order valence-corrected chi connectivity index (χ3v) is 4.57. The second-order valence-corrected chi connectivity index (χ2v) is 6.86. The lowest BCUT2D eigenvalue weighted by atomic mass is 9.74. The lowest BCUT2D eigenvalue weighted by molar-refractivity contribution is 0.445. The third kappa shape index (κ3) is 3.61. The molecule has 2 nitrogen and oxygen atoms in total. The first kappa shape index (κ1) is 14.1. The number of anilines is 1. The summed E-state index contributed by atoms with van der Waals surface area (Å²) in [5, 5.41) is 0. The van der Waals surface area contributed by atoms with E-state index < -0.39 is 0 Å². The molecule has 1 aliphatic carbocycles. The lowest BCUT2D eigenvalue weighted by Crippen LogP contribution is -2.15. The smallest absolute Gasteiger partial charge is 0.105 e. The molecule has 0 amide bonds. The molecule has 1 saturated carbocycles. The molecule has 2 atom stereocenters. The van der Waals surface area contributed by atoms with Gasteiger partial charge in [0.2, 0.25) is 0 Å². The van der Waals surface area contributed by atoms with Gasteiger partial charge in [-0.05, 0) is 40.9 Å². The summed E-state index contributed by atoms with van der Waals surface area (Å²) in [4.78, 5) is 4.70. The van der Waals surface area contributed by atoms with Crippen LogP contribution in [0.4, 0.5) is 5.69 Å². The SMILES string of the molecule is BC1CCCC(/N=C/c2cc(Br)cc(Br)c2N)C1. The Balaban J connectivity index is 2.13. The highest BCUT2D eigenvalue weighted by atomic mass is 79.9. The van der Waals surface area contributed by atoms with Crippen LogP contribution in [0.1, 0.15) is 31.2 Å². The highest BCUT2D eigenvalue weighted by Gasteiger charge is 2.17. The van der Waals surface area contributed by atoms with Gasteiger partial charge in [0.15, 0.2) is 0 Å². The monoisotopic (exact) mass is 370 g/mol. The Morgan fingerprint density at radius 2 is 2.11 bits per heavy atom. The zero-order valence-electron chi connectivity index (χ0n) is 10.5. The number of rotatable bonds is 2. The predicted octanol–water partition coefficient (Wildman–Crippen LogP) is 3.58. The van der Waals surface area contributed by atoms with E-state index in [0.717, 1.165) is 26.0 Å². The fourth-order valence-electron chi connectivity index (χ4n) is 2.43. The molecule has 1 aromatic rings. The van der Waals surface area contributed by atoms with Crippen molar-refractivity contribution in [3.8, 4) is 0 Å². The molecule has 96 valence electrons. The Bertz CT molecular complexity index is 463. The quantitative estimate of drug-likeness (QED) is 0.481. The molecule has 0 heterocycles. The van der Waals surface area contributed by atoms with Crippen LogP contribution in [0, 0.1) is 0 Å². The topological polar surface area (TPSA) is 38.4 Å². The van der Waals surface area contributed by atoms with E-state index in [1.54, 1.807) is 0 Å². The summed E-state index contributed by atoms with van der Waals surface area (Å²) in [5.74, 6) is 0.799. The van der Waals surface area contributed by atoms with Gasteiger partial charge in [-0.15, -0.1) is 0 Å². The van der Waals surface area contributed by atoms with Crippen LogP contribution in [0.3, 0.4) is 0 Å². The van der Waals surface area contributed by atoms with Gasteiger partial charge in [-0.1, -0.05) is 34.6 Å². The Kier molecular flexibility index (Phi) is 4.90. The maximum absolute atomic E-state index is 6.04. The molecule has 0 radical (unpaired) electrons. The Morgan fingerprint density at radius 3 is 2.83 bits per heavy atom. The van der Waals surface area contributed by atoms with Gasteiger partial charge < -0.3 is 5.73 Å². The minimum Gasteiger partial charge on any atom is -0.397 e. The summed E-state index contributed by atoms with van der Waals surface area (Å²) < 4.78 is 1.93. The van der Waals surface area contributed by atoms with E-state index in [2.05, 4.69) is 39.7 Å². The van der Waals surface area contributed by atoms with Gasteiger partial charge in [-0.3, -0.25) is 4.99 Å². The molecule has 5 heteroatoms. The van der Waals surface area contributed by atoms with Crippen molar-refractivity contribution >= 4 is 51.6 Å². The van der Waals surface area contributed by atoms with E-state index in [0.29, 0.717) is 6.04 Å². The Morgan fingerprint density at radius 1 is 1.33 bits per heavy atom. The van der Waals surface area contributed by atoms with Gasteiger partial charge in [0.25, 0.3) is 0 Å². The predicted molar refractivity (Wildman–Crippen MR) is 88.4 cm³/mol. The number of hydrogen-bond donors (Lipinski definition) is 1. The number of nitrogens with two attached hydrogens (primary N) is 1. The summed E-state index contributed by atoms with van der Waals surface area (Å²) in [5.41, 5.74) is 7.77. The molecular formula is C13H17BBr2N2. The molecule has 2 rings (SSSR count). The second kappa shape index (κ2) is 6.24.